The van der Waals surface area contributed by atoms with Crippen molar-refractivity contribution in [1.82, 2.24) is 15.6 Å². The maximum absolute atomic E-state index is 13.7. The van der Waals surface area contributed by atoms with Crippen molar-refractivity contribution in [2.45, 2.75) is 17.9 Å². The first-order valence-corrected chi connectivity index (χ1v) is 8.02. The minimum atomic E-state index is -5.14. The average Bonchev–Trinajstić information content (AvgIpc) is 2.61. The van der Waals surface area contributed by atoms with Crippen molar-refractivity contribution in [3.05, 3.63) is 66.0 Å². The number of pyridine rings is 1. The zero-order valence-corrected chi connectivity index (χ0v) is 14.0. The van der Waals surface area contributed by atoms with Crippen LogP contribution < -0.4 is 10.6 Å². The van der Waals surface area contributed by atoms with Crippen LogP contribution in [0.1, 0.15) is 22.0 Å². The number of aliphatic hydroxyl groups is 1. The minimum absolute atomic E-state index is 0.0467. The summed E-state index contributed by atoms with van der Waals surface area (Å²) >= 11 is 4.84. The van der Waals surface area contributed by atoms with Gasteiger partial charge < -0.3 is 15.7 Å². The van der Waals surface area contributed by atoms with Crippen LogP contribution in [0, 0.1) is 5.92 Å². The summed E-state index contributed by atoms with van der Waals surface area (Å²) in [5.41, 5.74) is -3.18. The molecule has 2 heterocycles. The topological polar surface area (TPSA) is 74.2 Å². The van der Waals surface area contributed by atoms with E-state index in [1.165, 1.54) is 48.8 Å². The smallest absolute Gasteiger partial charge is 0.363 e. The highest BCUT2D eigenvalue weighted by atomic mass is 32.1. The molecule has 3 rings (SSSR count). The van der Waals surface area contributed by atoms with Gasteiger partial charge in [-0.15, -0.1) is 0 Å². The molecule has 136 valence electrons. The Bertz CT molecular complexity index is 817. The Morgan fingerprint density at radius 1 is 1.19 bits per heavy atom. The van der Waals surface area contributed by atoms with Gasteiger partial charge in [0, 0.05) is 18.0 Å². The predicted octanol–water partition coefficient (Wildman–Crippen LogP) is 2.35. The van der Waals surface area contributed by atoms with E-state index in [4.69, 9.17) is 12.2 Å². The van der Waals surface area contributed by atoms with Crippen molar-refractivity contribution >= 4 is 23.1 Å². The van der Waals surface area contributed by atoms with Crippen LogP contribution in [0.4, 0.5) is 13.2 Å². The molecule has 1 fully saturated rings. The molecular formula is C17H14F3N3O2S. The molecule has 1 saturated heterocycles. The molecule has 5 nitrogen and oxygen atoms in total. The number of alkyl halides is 3. The highest BCUT2D eigenvalue weighted by Gasteiger charge is 2.65. The maximum Gasteiger partial charge on any atom is 0.437 e. The molecule has 0 amide bonds. The van der Waals surface area contributed by atoms with Crippen LogP contribution in [0.25, 0.3) is 0 Å². The van der Waals surface area contributed by atoms with E-state index >= 15 is 0 Å². The van der Waals surface area contributed by atoms with Gasteiger partial charge in [0.2, 0.25) is 5.72 Å². The molecule has 1 aliphatic heterocycles. The fourth-order valence-electron chi connectivity index (χ4n) is 2.96. The van der Waals surface area contributed by atoms with E-state index in [0.717, 1.165) is 0 Å². The van der Waals surface area contributed by atoms with Crippen LogP contribution in [-0.2, 0) is 0 Å². The third-order valence-electron chi connectivity index (χ3n) is 4.19. The first kappa shape index (κ1) is 18.3. The van der Waals surface area contributed by atoms with Gasteiger partial charge in [-0.2, -0.15) is 13.2 Å². The van der Waals surface area contributed by atoms with Crippen molar-refractivity contribution in [3.63, 3.8) is 0 Å². The molecule has 0 saturated carbocycles. The Kier molecular flexibility index (Phi) is 4.68. The third kappa shape index (κ3) is 3.15. The molecule has 2 aromatic rings. The Labute approximate surface area is 152 Å². The van der Waals surface area contributed by atoms with E-state index in [2.05, 4.69) is 10.3 Å². The number of carbonyl (C=O) groups excluding carboxylic acids is 1. The van der Waals surface area contributed by atoms with Gasteiger partial charge in [0.15, 0.2) is 10.9 Å². The Morgan fingerprint density at radius 3 is 2.46 bits per heavy atom. The molecule has 26 heavy (non-hydrogen) atoms. The van der Waals surface area contributed by atoms with Crippen LogP contribution >= 0.6 is 12.2 Å². The molecule has 3 N–H and O–H groups in total. The summed E-state index contributed by atoms with van der Waals surface area (Å²) in [6, 6.07) is 9.33. The Morgan fingerprint density at radius 2 is 1.88 bits per heavy atom. The first-order chi connectivity index (χ1) is 12.2. The van der Waals surface area contributed by atoms with Gasteiger partial charge in [-0.05, 0) is 23.8 Å². The molecule has 9 heteroatoms. The molecule has 1 aromatic carbocycles. The molecule has 0 aliphatic carbocycles. The number of nitrogens with one attached hydrogen (secondary N) is 2. The summed E-state index contributed by atoms with van der Waals surface area (Å²) in [7, 11) is 0. The van der Waals surface area contributed by atoms with Gasteiger partial charge in [0.1, 0.15) is 5.92 Å². The number of rotatable bonds is 3. The van der Waals surface area contributed by atoms with Crippen LogP contribution in [0.3, 0.4) is 0 Å². The van der Waals surface area contributed by atoms with E-state index in [-0.39, 0.29) is 5.56 Å². The Hall–Kier alpha value is -2.52. The van der Waals surface area contributed by atoms with Crippen molar-refractivity contribution in [2.75, 3.05) is 0 Å². The highest BCUT2D eigenvalue weighted by Crippen LogP contribution is 2.43. The van der Waals surface area contributed by atoms with Gasteiger partial charge >= 0.3 is 6.18 Å². The number of thiocarbonyl (C=S) groups is 1. The molecule has 0 bridgehead atoms. The van der Waals surface area contributed by atoms with Crippen molar-refractivity contribution in [3.8, 4) is 0 Å². The quantitative estimate of drug-likeness (QED) is 0.560. The van der Waals surface area contributed by atoms with E-state index < -0.39 is 34.8 Å². The standard InChI is InChI=1S/C17H14F3N3O2S/c18-17(19,20)16(25)12(14(24)10-5-2-1-3-6-10)13(22-15(26)23-16)11-7-4-8-21-9-11/h1-9,12-13,25H,(H2,22,23,26)/t12-,13-,16-/m1/s1. The van der Waals surface area contributed by atoms with Gasteiger partial charge in [0.25, 0.3) is 0 Å². The van der Waals surface area contributed by atoms with Crippen molar-refractivity contribution in [1.29, 1.82) is 0 Å². The molecular weight excluding hydrogens is 367 g/mol. The van der Waals surface area contributed by atoms with Crippen LogP contribution in [0.5, 0.6) is 0 Å². The summed E-state index contributed by atoms with van der Waals surface area (Å²) in [6.45, 7) is 0. The number of ketones is 1. The molecule has 0 unspecified atom stereocenters. The van der Waals surface area contributed by atoms with Gasteiger partial charge in [0.05, 0.1) is 6.04 Å². The second-order valence-corrected chi connectivity index (χ2v) is 6.24. The van der Waals surface area contributed by atoms with E-state index in [1.54, 1.807) is 6.07 Å². The minimum Gasteiger partial charge on any atom is -0.363 e. The highest BCUT2D eigenvalue weighted by molar-refractivity contribution is 7.80. The second-order valence-electron chi connectivity index (χ2n) is 5.83. The lowest BCUT2D eigenvalue weighted by Crippen LogP contribution is -2.72. The summed E-state index contributed by atoms with van der Waals surface area (Å²) in [6.07, 6.45) is -2.37. The molecule has 1 aliphatic rings. The fourth-order valence-corrected chi connectivity index (χ4v) is 3.24. The molecule has 1 aromatic heterocycles. The largest absolute Gasteiger partial charge is 0.437 e. The molecule has 3 atom stereocenters. The zero-order valence-electron chi connectivity index (χ0n) is 13.2. The molecule has 0 radical (unpaired) electrons. The monoisotopic (exact) mass is 381 g/mol. The summed E-state index contributed by atoms with van der Waals surface area (Å²) < 4.78 is 41.2. The first-order valence-electron chi connectivity index (χ1n) is 7.61. The number of benzene rings is 1. The number of Topliss-reactive ketones (excluding diaryl/α,β-unsaturated/α-hetero) is 1. The normalized spacial score (nSPS) is 25.9. The number of nitrogens with zero attached hydrogens (tertiary/aromatic N) is 1. The SMILES string of the molecule is O=C(c1ccccc1)[C@H]1[C@@H](c2cccnc2)NC(=S)N[C@]1(O)C(F)(F)F. The number of carbonyl (C=O) groups is 1. The van der Waals surface area contributed by atoms with Gasteiger partial charge in [-0.25, -0.2) is 0 Å². The van der Waals surface area contributed by atoms with Crippen molar-refractivity contribution in [2.24, 2.45) is 5.92 Å². The lowest BCUT2D eigenvalue weighted by atomic mass is 9.77. The third-order valence-corrected chi connectivity index (χ3v) is 4.41. The summed E-state index contributed by atoms with van der Waals surface area (Å²) in [4.78, 5) is 16.8. The van der Waals surface area contributed by atoms with E-state index in [0.29, 0.717) is 5.56 Å². The lowest BCUT2D eigenvalue weighted by Gasteiger charge is -2.46. The summed E-state index contributed by atoms with van der Waals surface area (Å²) in [5, 5.41) is 14.6. The molecule has 0 spiro atoms. The van der Waals surface area contributed by atoms with Gasteiger partial charge in [-0.1, -0.05) is 36.4 Å². The number of hydrogen-bond acceptors (Lipinski definition) is 4. The van der Waals surface area contributed by atoms with E-state index in [1.807, 2.05) is 5.32 Å². The zero-order chi connectivity index (χ0) is 18.9. The number of halogens is 3. The maximum atomic E-state index is 13.7. The van der Waals surface area contributed by atoms with Crippen molar-refractivity contribution < 1.29 is 23.1 Å². The van der Waals surface area contributed by atoms with Crippen LogP contribution in [0.15, 0.2) is 54.9 Å². The predicted molar refractivity (Wildman–Crippen MR) is 91.1 cm³/mol. The van der Waals surface area contributed by atoms with Crippen LogP contribution in [0.2, 0.25) is 0 Å². The average molecular weight is 381 g/mol. The second kappa shape index (κ2) is 6.65. The Balaban J connectivity index is 2.15. The number of hydrogen-bond donors (Lipinski definition) is 3. The fraction of sp³-hybridized carbons (Fsp3) is 0.235. The lowest BCUT2D eigenvalue weighted by molar-refractivity contribution is -0.285. The van der Waals surface area contributed by atoms with Gasteiger partial charge in [-0.3, -0.25) is 9.78 Å². The summed E-state index contributed by atoms with van der Waals surface area (Å²) in [5.74, 6) is -2.79. The van der Waals surface area contributed by atoms with Crippen LogP contribution in [-0.4, -0.2) is 32.9 Å². The van der Waals surface area contributed by atoms with E-state index in [9.17, 15) is 23.1 Å². The number of aromatic nitrogens is 1.